The summed E-state index contributed by atoms with van der Waals surface area (Å²) in [5.74, 6) is -0.264. The highest BCUT2D eigenvalue weighted by Gasteiger charge is 2.23. The molecule has 3 unspecified atom stereocenters. The molecule has 0 spiro atoms. The van der Waals surface area contributed by atoms with E-state index in [-0.39, 0.29) is 18.9 Å². The van der Waals surface area contributed by atoms with Gasteiger partial charge in [-0.05, 0) is 57.8 Å². The number of nitrogens with zero attached hydrogens (tertiary/aromatic N) is 1. The first-order valence-electron chi connectivity index (χ1n) is 17.3. The summed E-state index contributed by atoms with van der Waals surface area (Å²) in [6, 6.07) is -0.915. The number of hydrogen-bond acceptors (Lipinski definition) is 6. The van der Waals surface area contributed by atoms with Crippen molar-refractivity contribution in [1.82, 2.24) is 5.32 Å². The summed E-state index contributed by atoms with van der Waals surface area (Å²) in [6.07, 6.45) is 36.9. The fourth-order valence-corrected chi connectivity index (χ4v) is 4.85. The van der Waals surface area contributed by atoms with Crippen molar-refractivity contribution in [2.24, 2.45) is 0 Å². The number of carbonyl (C=O) groups is 1. The molecule has 2 N–H and O–H groups in total. The number of unbranched alkanes of at least 4 members (excludes halogenated alkanes) is 6. The second kappa shape index (κ2) is 29.1. The monoisotopic (exact) mass is 664 g/mol. The van der Waals surface area contributed by atoms with Gasteiger partial charge in [-0.1, -0.05) is 112 Å². The molecule has 0 bridgehead atoms. The minimum absolute atomic E-state index is 0.0163. The van der Waals surface area contributed by atoms with Gasteiger partial charge in [0.25, 0.3) is 7.82 Å². The first-order chi connectivity index (χ1) is 22.0. The third-order valence-corrected chi connectivity index (χ3v) is 7.89. The Balaban J connectivity index is 4.61. The molecule has 0 saturated carbocycles. The Morgan fingerprint density at radius 2 is 1.33 bits per heavy atom. The van der Waals surface area contributed by atoms with Gasteiger partial charge in [-0.3, -0.25) is 9.36 Å². The number of hydrogen-bond donors (Lipinski definition) is 2. The lowest BCUT2D eigenvalue weighted by molar-refractivity contribution is -0.870. The fraction of sp³-hybridized carbons (Fsp3) is 0.649. The summed E-state index contributed by atoms with van der Waals surface area (Å²) in [4.78, 5) is 25.0. The zero-order valence-corrected chi connectivity index (χ0v) is 30.4. The number of amides is 1. The topological polar surface area (TPSA) is 108 Å². The second-order valence-corrected chi connectivity index (χ2v) is 13.9. The molecule has 0 fully saturated rings. The van der Waals surface area contributed by atoms with E-state index in [1.54, 1.807) is 6.08 Å². The molecule has 46 heavy (non-hydrogen) atoms. The smallest absolute Gasteiger partial charge is 0.268 e. The molecule has 0 saturated heterocycles. The van der Waals surface area contributed by atoms with Crippen molar-refractivity contribution in [3.63, 3.8) is 0 Å². The lowest BCUT2D eigenvalue weighted by Gasteiger charge is -2.29. The predicted molar refractivity (Wildman–Crippen MR) is 191 cm³/mol. The molecule has 264 valence electrons. The van der Waals surface area contributed by atoms with Crippen LogP contribution < -0.4 is 10.2 Å². The summed E-state index contributed by atoms with van der Waals surface area (Å²) < 4.78 is 22.9. The number of phosphoric acid groups is 1. The van der Waals surface area contributed by atoms with Gasteiger partial charge in [-0.15, -0.1) is 0 Å². The van der Waals surface area contributed by atoms with Crippen LogP contribution in [0.1, 0.15) is 104 Å². The van der Waals surface area contributed by atoms with E-state index in [4.69, 9.17) is 9.05 Å². The van der Waals surface area contributed by atoms with Gasteiger partial charge in [0.1, 0.15) is 13.2 Å². The third kappa shape index (κ3) is 30.6. The third-order valence-electron chi connectivity index (χ3n) is 6.92. The van der Waals surface area contributed by atoms with Gasteiger partial charge in [0.2, 0.25) is 5.91 Å². The molecule has 3 atom stereocenters. The van der Waals surface area contributed by atoms with E-state index in [1.165, 1.54) is 19.3 Å². The van der Waals surface area contributed by atoms with Crippen molar-refractivity contribution in [2.75, 3.05) is 40.9 Å². The van der Waals surface area contributed by atoms with E-state index in [9.17, 15) is 19.4 Å². The standard InChI is InChI=1S/C37H65N2O6P/c1-6-8-10-12-14-15-16-17-18-19-20-21-22-23-25-27-29-31-37(41)38-35(36(40)30-28-26-24-13-11-9-7-2)34-45-46(42,43)44-33-32-39(3,4)5/h8,10,14-15,17-18,20-21,23,25,28,30,35-36,40H,6-7,9,11-13,16,19,22,24,26-27,29,31-34H2,1-5H3,(H-,38,41,42,43)/b10-8-,15-14-,18-17-,21-20-,25-23-,30-28+. The summed E-state index contributed by atoms with van der Waals surface area (Å²) in [6.45, 7) is 4.37. The molecule has 0 radical (unpaired) electrons. The molecule has 0 aromatic heterocycles. The molecule has 1 amide bonds. The molecule has 0 aromatic carbocycles. The largest absolute Gasteiger partial charge is 0.756 e. The maximum atomic E-state index is 12.7. The van der Waals surface area contributed by atoms with E-state index < -0.39 is 26.6 Å². The number of quaternary nitrogens is 1. The number of allylic oxidation sites excluding steroid dienone is 11. The zero-order valence-electron chi connectivity index (χ0n) is 29.5. The Kier molecular flexibility index (Phi) is 27.8. The van der Waals surface area contributed by atoms with E-state index in [0.29, 0.717) is 17.4 Å². The highest BCUT2D eigenvalue weighted by molar-refractivity contribution is 7.45. The van der Waals surface area contributed by atoms with Crippen LogP contribution in [0.2, 0.25) is 0 Å². The van der Waals surface area contributed by atoms with Gasteiger partial charge in [-0.25, -0.2) is 0 Å². The van der Waals surface area contributed by atoms with Crippen LogP contribution in [0.3, 0.4) is 0 Å². The van der Waals surface area contributed by atoms with E-state index in [1.807, 2.05) is 27.2 Å². The van der Waals surface area contributed by atoms with Gasteiger partial charge in [0, 0.05) is 6.42 Å². The molecule has 0 aliphatic rings. The van der Waals surface area contributed by atoms with Gasteiger partial charge in [-0.2, -0.15) is 0 Å². The van der Waals surface area contributed by atoms with Crippen LogP contribution >= 0.6 is 7.82 Å². The molecule has 0 aliphatic carbocycles. The molecule has 0 rings (SSSR count). The number of likely N-dealkylation sites (N-methyl/N-ethyl adjacent to an activating group) is 1. The molecule has 0 aliphatic heterocycles. The Hall–Kier alpha value is -2.06. The van der Waals surface area contributed by atoms with Crippen LogP contribution in [-0.4, -0.2) is 68.5 Å². The highest BCUT2D eigenvalue weighted by Crippen LogP contribution is 2.38. The summed E-state index contributed by atoms with van der Waals surface area (Å²) in [5.41, 5.74) is 0. The zero-order chi connectivity index (χ0) is 34.4. The minimum atomic E-state index is -4.59. The number of aliphatic hydroxyl groups is 1. The van der Waals surface area contributed by atoms with Crippen molar-refractivity contribution >= 4 is 13.7 Å². The van der Waals surface area contributed by atoms with Crippen LogP contribution in [0, 0.1) is 0 Å². The van der Waals surface area contributed by atoms with E-state index >= 15 is 0 Å². The van der Waals surface area contributed by atoms with Gasteiger partial charge in [0.15, 0.2) is 0 Å². The Morgan fingerprint density at radius 3 is 1.89 bits per heavy atom. The molecular weight excluding hydrogens is 599 g/mol. The highest BCUT2D eigenvalue weighted by atomic mass is 31.2. The number of rotatable bonds is 29. The summed E-state index contributed by atoms with van der Waals surface area (Å²) in [5, 5.41) is 13.5. The predicted octanol–water partition coefficient (Wildman–Crippen LogP) is 7.88. The maximum absolute atomic E-state index is 12.7. The second-order valence-electron chi connectivity index (χ2n) is 12.5. The van der Waals surface area contributed by atoms with Gasteiger partial charge < -0.3 is 28.8 Å². The maximum Gasteiger partial charge on any atom is 0.268 e. The molecule has 0 aromatic rings. The normalized spacial score (nSPS) is 15.7. The Bertz CT molecular complexity index is 981. The quantitative estimate of drug-likeness (QED) is 0.0365. The number of carbonyl (C=O) groups excluding carboxylic acids is 1. The SMILES string of the molecule is CC/C=C\C/C=C\C/C=C\C/C=C\C/C=C\CCCC(=O)NC(COP(=O)([O-])OCC[N+](C)(C)C)C(O)/C=C/CCCCCCC. The Labute approximate surface area is 281 Å². The fourth-order valence-electron chi connectivity index (χ4n) is 4.12. The number of nitrogens with one attached hydrogen (secondary N) is 1. The molecule has 9 heteroatoms. The van der Waals surface area contributed by atoms with Crippen LogP contribution in [0.15, 0.2) is 72.9 Å². The molecule has 8 nitrogen and oxygen atoms in total. The van der Waals surface area contributed by atoms with Crippen molar-refractivity contribution in [3.05, 3.63) is 72.9 Å². The van der Waals surface area contributed by atoms with Crippen molar-refractivity contribution in [3.8, 4) is 0 Å². The van der Waals surface area contributed by atoms with Crippen LogP contribution in [0.4, 0.5) is 0 Å². The van der Waals surface area contributed by atoms with Crippen LogP contribution in [0.25, 0.3) is 0 Å². The lowest BCUT2D eigenvalue weighted by atomic mass is 10.1. The van der Waals surface area contributed by atoms with Crippen molar-refractivity contribution in [1.29, 1.82) is 0 Å². The average molecular weight is 665 g/mol. The first-order valence-corrected chi connectivity index (χ1v) is 18.8. The van der Waals surface area contributed by atoms with Crippen molar-refractivity contribution < 1.29 is 32.9 Å². The van der Waals surface area contributed by atoms with E-state index in [0.717, 1.165) is 57.8 Å². The van der Waals surface area contributed by atoms with Crippen LogP contribution in [0.5, 0.6) is 0 Å². The first kappa shape index (κ1) is 43.9. The lowest BCUT2D eigenvalue weighted by Crippen LogP contribution is -2.45. The molecule has 0 heterocycles. The average Bonchev–Trinajstić information content (AvgIpc) is 2.99. The van der Waals surface area contributed by atoms with Crippen LogP contribution in [-0.2, 0) is 18.4 Å². The number of phosphoric ester groups is 1. The van der Waals surface area contributed by atoms with Gasteiger partial charge >= 0.3 is 0 Å². The van der Waals surface area contributed by atoms with Crippen molar-refractivity contribution in [2.45, 2.75) is 116 Å². The molecular formula is C37H65N2O6P. The summed E-state index contributed by atoms with van der Waals surface area (Å²) in [7, 11) is 1.20. The number of aliphatic hydroxyl groups excluding tert-OH is 1. The van der Waals surface area contributed by atoms with Gasteiger partial charge in [0.05, 0.1) is 39.9 Å². The summed E-state index contributed by atoms with van der Waals surface area (Å²) >= 11 is 0. The Morgan fingerprint density at radius 1 is 0.783 bits per heavy atom. The minimum Gasteiger partial charge on any atom is -0.756 e. The van der Waals surface area contributed by atoms with E-state index in [2.05, 4.69) is 79.9 Å².